The van der Waals surface area contributed by atoms with E-state index in [-0.39, 0.29) is 0 Å². The molecule has 134 valence electrons. The molecule has 1 aliphatic carbocycles. The Bertz CT molecular complexity index is 618. The fourth-order valence-corrected chi connectivity index (χ4v) is 4.02. The molecule has 1 aliphatic rings. The van der Waals surface area contributed by atoms with E-state index in [1.54, 1.807) is 0 Å². The summed E-state index contributed by atoms with van der Waals surface area (Å²) in [7, 11) is 0. The molecule has 2 aromatic carbocycles. The zero-order chi connectivity index (χ0) is 17.5. The first-order chi connectivity index (χ1) is 12.2. The van der Waals surface area contributed by atoms with Gasteiger partial charge in [-0.15, -0.1) is 0 Å². The Hall–Kier alpha value is -1.76. The second kappa shape index (κ2) is 9.08. The molecule has 0 heterocycles. The van der Waals surface area contributed by atoms with Crippen molar-refractivity contribution >= 4 is 0 Å². The Morgan fingerprint density at radius 1 is 0.800 bits per heavy atom. The first-order valence-electron chi connectivity index (χ1n) is 10.1. The van der Waals surface area contributed by atoms with Gasteiger partial charge in [0.25, 0.3) is 0 Å². The summed E-state index contributed by atoms with van der Waals surface area (Å²) in [5.41, 5.74) is 2.75. The Morgan fingerprint density at radius 3 is 2.00 bits per heavy atom. The highest BCUT2D eigenvalue weighted by Gasteiger charge is 2.22. The molecule has 0 N–H and O–H groups in total. The van der Waals surface area contributed by atoms with Crippen LogP contribution < -0.4 is 4.74 Å². The molecule has 1 nitrogen and oxygen atoms in total. The maximum absolute atomic E-state index is 5.95. The summed E-state index contributed by atoms with van der Waals surface area (Å²) >= 11 is 0. The fraction of sp³-hybridized carbons (Fsp3) is 0.500. The van der Waals surface area contributed by atoms with Gasteiger partial charge in [0.05, 0.1) is 0 Å². The summed E-state index contributed by atoms with van der Waals surface area (Å²) in [6, 6.07) is 17.0. The minimum absolute atomic E-state index is 0.746. The maximum Gasteiger partial charge on any atom is 0.127 e. The monoisotopic (exact) mass is 336 g/mol. The number of unbranched alkanes of at least 4 members (excludes halogenated alkanes) is 2. The second-order valence-electron chi connectivity index (χ2n) is 7.70. The van der Waals surface area contributed by atoms with Crippen LogP contribution in [0, 0.1) is 12.8 Å². The lowest BCUT2D eigenvalue weighted by atomic mass is 9.77. The molecule has 0 spiro atoms. The summed E-state index contributed by atoms with van der Waals surface area (Å²) in [6.07, 6.45) is 11.2. The number of ether oxygens (including phenoxy) is 1. The predicted octanol–water partition coefficient (Wildman–Crippen LogP) is 7.64. The van der Waals surface area contributed by atoms with Crippen LogP contribution >= 0.6 is 0 Å². The molecular formula is C24H32O. The molecule has 0 aliphatic heterocycles. The van der Waals surface area contributed by atoms with Crippen LogP contribution in [0.2, 0.25) is 0 Å². The Kier molecular flexibility index (Phi) is 6.55. The van der Waals surface area contributed by atoms with Gasteiger partial charge in [0.1, 0.15) is 11.5 Å². The van der Waals surface area contributed by atoms with Crippen LogP contribution in [0.5, 0.6) is 11.5 Å². The normalized spacial score (nSPS) is 20.4. The van der Waals surface area contributed by atoms with E-state index in [1.807, 2.05) is 12.1 Å². The first kappa shape index (κ1) is 18.0. The summed E-state index contributed by atoms with van der Waals surface area (Å²) in [5, 5.41) is 0. The summed E-state index contributed by atoms with van der Waals surface area (Å²) in [6.45, 7) is 4.39. The third-order valence-corrected chi connectivity index (χ3v) is 5.67. The van der Waals surface area contributed by atoms with Gasteiger partial charge in [0, 0.05) is 0 Å². The molecule has 0 radical (unpaired) electrons. The topological polar surface area (TPSA) is 9.23 Å². The standard InChI is InChI=1S/C24H32O/c1-3-4-5-6-20-9-11-21(12-10-20)22-13-17-24(18-14-22)25-23-15-7-19(2)8-16-23/h7-8,13-18,20-21H,3-6,9-12H2,1-2H3. The summed E-state index contributed by atoms with van der Waals surface area (Å²) in [5.74, 6) is 3.56. The number of rotatable bonds is 7. The molecule has 0 bridgehead atoms. The Balaban J connectivity index is 1.50. The van der Waals surface area contributed by atoms with Crippen LogP contribution in [0.3, 0.4) is 0 Å². The quantitative estimate of drug-likeness (QED) is 0.472. The summed E-state index contributed by atoms with van der Waals surface area (Å²) < 4.78 is 5.95. The van der Waals surface area contributed by atoms with Gasteiger partial charge < -0.3 is 4.74 Å². The molecule has 0 atom stereocenters. The molecule has 0 unspecified atom stereocenters. The van der Waals surface area contributed by atoms with E-state index in [9.17, 15) is 0 Å². The van der Waals surface area contributed by atoms with Gasteiger partial charge in [-0.1, -0.05) is 62.4 Å². The van der Waals surface area contributed by atoms with E-state index in [4.69, 9.17) is 4.74 Å². The molecule has 0 aromatic heterocycles. The Labute approximate surface area is 153 Å². The van der Waals surface area contributed by atoms with Crippen LogP contribution in [0.1, 0.15) is 75.3 Å². The van der Waals surface area contributed by atoms with E-state index in [2.05, 4.69) is 50.2 Å². The van der Waals surface area contributed by atoms with Crippen LogP contribution in [0.4, 0.5) is 0 Å². The van der Waals surface area contributed by atoms with Gasteiger partial charge in [0.2, 0.25) is 0 Å². The van der Waals surface area contributed by atoms with Gasteiger partial charge >= 0.3 is 0 Å². The molecule has 1 fully saturated rings. The Morgan fingerprint density at radius 2 is 1.40 bits per heavy atom. The first-order valence-corrected chi connectivity index (χ1v) is 10.1. The maximum atomic E-state index is 5.95. The molecule has 0 amide bonds. The van der Waals surface area contributed by atoms with Crippen LogP contribution in [0.15, 0.2) is 48.5 Å². The number of hydrogen-bond donors (Lipinski definition) is 0. The van der Waals surface area contributed by atoms with Gasteiger partial charge in [-0.3, -0.25) is 0 Å². The van der Waals surface area contributed by atoms with Crippen molar-refractivity contribution in [1.29, 1.82) is 0 Å². The highest BCUT2D eigenvalue weighted by molar-refractivity contribution is 5.35. The molecule has 25 heavy (non-hydrogen) atoms. The predicted molar refractivity (Wildman–Crippen MR) is 107 cm³/mol. The lowest BCUT2D eigenvalue weighted by Crippen LogP contribution is -2.13. The van der Waals surface area contributed by atoms with E-state index in [0.717, 1.165) is 23.3 Å². The van der Waals surface area contributed by atoms with Crippen molar-refractivity contribution in [3.63, 3.8) is 0 Å². The molecule has 1 saturated carbocycles. The zero-order valence-corrected chi connectivity index (χ0v) is 15.8. The van der Waals surface area contributed by atoms with Crippen LogP contribution in [0.25, 0.3) is 0 Å². The van der Waals surface area contributed by atoms with Crippen molar-refractivity contribution in [2.45, 2.75) is 71.1 Å². The number of benzene rings is 2. The van der Waals surface area contributed by atoms with Crippen LogP contribution in [-0.2, 0) is 0 Å². The number of hydrogen-bond acceptors (Lipinski definition) is 1. The molecule has 0 saturated heterocycles. The second-order valence-corrected chi connectivity index (χ2v) is 7.70. The minimum Gasteiger partial charge on any atom is -0.457 e. The van der Waals surface area contributed by atoms with Gasteiger partial charge in [-0.2, -0.15) is 0 Å². The number of aryl methyl sites for hydroxylation is 1. The van der Waals surface area contributed by atoms with Crippen LogP contribution in [-0.4, -0.2) is 0 Å². The van der Waals surface area contributed by atoms with Crippen molar-refractivity contribution in [1.82, 2.24) is 0 Å². The van der Waals surface area contributed by atoms with Crippen molar-refractivity contribution in [3.05, 3.63) is 59.7 Å². The van der Waals surface area contributed by atoms with Gasteiger partial charge in [0.15, 0.2) is 0 Å². The lowest BCUT2D eigenvalue weighted by Gasteiger charge is -2.29. The molecule has 3 rings (SSSR count). The highest BCUT2D eigenvalue weighted by Crippen LogP contribution is 2.38. The zero-order valence-electron chi connectivity index (χ0n) is 15.8. The summed E-state index contributed by atoms with van der Waals surface area (Å²) in [4.78, 5) is 0. The molecule has 2 aromatic rings. The van der Waals surface area contributed by atoms with Crippen molar-refractivity contribution in [2.75, 3.05) is 0 Å². The van der Waals surface area contributed by atoms with Crippen molar-refractivity contribution in [2.24, 2.45) is 5.92 Å². The van der Waals surface area contributed by atoms with Gasteiger partial charge in [-0.05, 0) is 74.3 Å². The lowest BCUT2D eigenvalue weighted by molar-refractivity contribution is 0.302. The minimum atomic E-state index is 0.746. The highest BCUT2D eigenvalue weighted by atomic mass is 16.5. The largest absolute Gasteiger partial charge is 0.457 e. The molecular weight excluding hydrogens is 304 g/mol. The third kappa shape index (κ3) is 5.36. The van der Waals surface area contributed by atoms with E-state index < -0.39 is 0 Å². The van der Waals surface area contributed by atoms with Gasteiger partial charge in [-0.25, -0.2) is 0 Å². The van der Waals surface area contributed by atoms with E-state index in [0.29, 0.717) is 0 Å². The third-order valence-electron chi connectivity index (χ3n) is 5.67. The van der Waals surface area contributed by atoms with Crippen molar-refractivity contribution < 1.29 is 4.74 Å². The smallest absolute Gasteiger partial charge is 0.127 e. The van der Waals surface area contributed by atoms with E-state index >= 15 is 0 Å². The average molecular weight is 337 g/mol. The SMILES string of the molecule is CCCCCC1CCC(c2ccc(Oc3ccc(C)cc3)cc2)CC1. The van der Waals surface area contributed by atoms with Crippen molar-refractivity contribution in [3.8, 4) is 11.5 Å². The van der Waals surface area contributed by atoms with E-state index in [1.165, 1.54) is 62.5 Å². The molecule has 1 heteroatoms. The fourth-order valence-electron chi connectivity index (χ4n) is 4.02. The average Bonchev–Trinajstić information content (AvgIpc) is 2.65.